The number of rotatable bonds is 4. The molecular formula is C18H19NO3. The highest BCUT2D eigenvalue weighted by molar-refractivity contribution is 5.89. The molecule has 0 bridgehead atoms. The van der Waals surface area contributed by atoms with Crippen molar-refractivity contribution >= 4 is 21.9 Å². The maximum atomic E-state index is 12.5. The van der Waals surface area contributed by atoms with E-state index in [9.17, 15) is 9.90 Å². The van der Waals surface area contributed by atoms with Gasteiger partial charge >= 0.3 is 0 Å². The Kier molecular flexibility index (Phi) is 3.96. The third-order valence-electron chi connectivity index (χ3n) is 3.69. The fourth-order valence-corrected chi connectivity index (χ4v) is 2.73. The van der Waals surface area contributed by atoms with Gasteiger partial charge in [-0.1, -0.05) is 18.2 Å². The number of aliphatic hydroxyl groups excluding tert-OH is 1. The second-order valence-electron chi connectivity index (χ2n) is 5.88. The quantitative estimate of drug-likeness (QED) is 0.751. The lowest BCUT2D eigenvalue weighted by molar-refractivity contribution is 0.137. The molecule has 1 N–H and O–H groups in total. The molecule has 4 nitrogen and oxygen atoms in total. The Balaban J connectivity index is 2.03. The highest BCUT2D eigenvalue weighted by Crippen LogP contribution is 2.20. The van der Waals surface area contributed by atoms with Crippen LogP contribution in [0.1, 0.15) is 5.56 Å². The van der Waals surface area contributed by atoms with E-state index in [-0.39, 0.29) is 5.43 Å². The lowest BCUT2D eigenvalue weighted by atomic mass is 10.0. The lowest BCUT2D eigenvalue weighted by Gasteiger charge is -2.16. The summed E-state index contributed by atoms with van der Waals surface area (Å²) >= 11 is 0. The van der Waals surface area contributed by atoms with Gasteiger partial charge in [0.1, 0.15) is 11.2 Å². The molecule has 0 fully saturated rings. The van der Waals surface area contributed by atoms with E-state index in [0.29, 0.717) is 34.9 Å². The molecule has 3 rings (SSSR count). The number of para-hydroxylation sites is 1. The molecule has 1 heterocycles. The van der Waals surface area contributed by atoms with Gasteiger partial charge in [0.25, 0.3) is 0 Å². The van der Waals surface area contributed by atoms with Crippen molar-refractivity contribution in [3.05, 3.63) is 58.3 Å². The Morgan fingerprint density at radius 2 is 1.82 bits per heavy atom. The van der Waals surface area contributed by atoms with Gasteiger partial charge in [-0.05, 0) is 50.3 Å². The van der Waals surface area contributed by atoms with Gasteiger partial charge in [0.15, 0.2) is 0 Å². The second kappa shape index (κ2) is 5.91. The Hall–Kier alpha value is -2.17. The molecule has 0 aliphatic heterocycles. The summed E-state index contributed by atoms with van der Waals surface area (Å²) in [4.78, 5) is 14.4. The lowest BCUT2D eigenvalue weighted by Crippen LogP contribution is -2.27. The summed E-state index contributed by atoms with van der Waals surface area (Å²) in [7, 11) is 3.85. The van der Waals surface area contributed by atoms with Crippen LogP contribution in [0.5, 0.6) is 0 Å². The van der Waals surface area contributed by atoms with Crippen molar-refractivity contribution in [1.29, 1.82) is 0 Å². The smallest absolute Gasteiger partial charge is 0.200 e. The number of fused-ring (bicyclic) bond motifs is 2. The topological polar surface area (TPSA) is 53.7 Å². The number of likely N-dealkylation sites (N-methyl/N-ethyl adjacent to an activating group) is 1. The first-order chi connectivity index (χ1) is 10.5. The Morgan fingerprint density at radius 3 is 2.59 bits per heavy atom. The van der Waals surface area contributed by atoms with Crippen molar-refractivity contribution < 1.29 is 9.52 Å². The van der Waals surface area contributed by atoms with E-state index in [1.54, 1.807) is 18.2 Å². The third-order valence-corrected chi connectivity index (χ3v) is 3.69. The highest BCUT2D eigenvalue weighted by atomic mass is 16.3. The van der Waals surface area contributed by atoms with Gasteiger partial charge in [-0.2, -0.15) is 0 Å². The first-order valence-electron chi connectivity index (χ1n) is 7.32. The molecule has 0 saturated heterocycles. The minimum Gasteiger partial charge on any atom is -0.456 e. The van der Waals surface area contributed by atoms with Gasteiger partial charge in [-0.25, -0.2) is 0 Å². The molecule has 0 radical (unpaired) electrons. The zero-order valence-electron chi connectivity index (χ0n) is 12.7. The van der Waals surface area contributed by atoms with Crippen molar-refractivity contribution in [2.75, 3.05) is 20.6 Å². The van der Waals surface area contributed by atoms with Crippen LogP contribution in [0.25, 0.3) is 21.9 Å². The van der Waals surface area contributed by atoms with Gasteiger partial charge in [0.2, 0.25) is 5.43 Å². The van der Waals surface area contributed by atoms with Crippen LogP contribution in [-0.4, -0.2) is 36.8 Å². The highest BCUT2D eigenvalue weighted by Gasteiger charge is 2.11. The molecular weight excluding hydrogens is 278 g/mol. The SMILES string of the molecule is CN(C)CC(O)Cc1ccc2c(=O)c3ccccc3oc2c1. The minimum atomic E-state index is -0.445. The summed E-state index contributed by atoms with van der Waals surface area (Å²) < 4.78 is 5.84. The third kappa shape index (κ3) is 2.89. The number of hydrogen-bond donors (Lipinski definition) is 1. The Morgan fingerprint density at radius 1 is 1.09 bits per heavy atom. The van der Waals surface area contributed by atoms with Crippen LogP contribution >= 0.6 is 0 Å². The van der Waals surface area contributed by atoms with Gasteiger partial charge in [0.05, 0.1) is 16.9 Å². The molecule has 0 saturated carbocycles. The van der Waals surface area contributed by atoms with E-state index in [1.165, 1.54) is 0 Å². The van der Waals surface area contributed by atoms with Crippen LogP contribution in [-0.2, 0) is 6.42 Å². The zero-order chi connectivity index (χ0) is 15.7. The van der Waals surface area contributed by atoms with E-state index in [1.807, 2.05) is 43.3 Å². The van der Waals surface area contributed by atoms with Gasteiger partial charge in [-0.15, -0.1) is 0 Å². The first kappa shape index (κ1) is 14.8. The normalized spacial score (nSPS) is 13.1. The molecule has 0 spiro atoms. The Bertz CT molecular complexity index is 867. The van der Waals surface area contributed by atoms with Gasteiger partial charge in [-0.3, -0.25) is 4.79 Å². The summed E-state index contributed by atoms with van der Waals surface area (Å²) in [6.45, 7) is 0.597. The number of hydrogen-bond acceptors (Lipinski definition) is 4. The van der Waals surface area contributed by atoms with Crippen LogP contribution in [0.2, 0.25) is 0 Å². The maximum Gasteiger partial charge on any atom is 0.200 e. The molecule has 22 heavy (non-hydrogen) atoms. The summed E-state index contributed by atoms with van der Waals surface area (Å²) in [6.07, 6.45) is 0.0876. The number of aliphatic hydroxyl groups is 1. The van der Waals surface area contributed by atoms with E-state index in [4.69, 9.17) is 4.42 Å². The standard InChI is InChI=1S/C18H19NO3/c1-19(2)11-13(20)9-12-7-8-15-17(10-12)22-16-6-4-3-5-14(16)18(15)21/h3-8,10,13,20H,9,11H2,1-2H3. The van der Waals surface area contributed by atoms with Gasteiger partial charge in [0, 0.05) is 6.54 Å². The molecule has 0 amide bonds. The summed E-state index contributed by atoms with van der Waals surface area (Å²) in [5.74, 6) is 0. The van der Waals surface area contributed by atoms with Crippen molar-refractivity contribution in [3.8, 4) is 0 Å². The molecule has 4 heteroatoms. The van der Waals surface area contributed by atoms with Crippen LogP contribution in [0, 0.1) is 0 Å². The van der Waals surface area contributed by atoms with Crippen LogP contribution < -0.4 is 5.43 Å². The van der Waals surface area contributed by atoms with E-state index < -0.39 is 6.10 Å². The van der Waals surface area contributed by atoms with E-state index >= 15 is 0 Å². The van der Waals surface area contributed by atoms with Crippen molar-refractivity contribution in [2.24, 2.45) is 0 Å². The number of nitrogens with zero attached hydrogens (tertiary/aromatic N) is 1. The van der Waals surface area contributed by atoms with E-state index in [2.05, 4.69) is 0 Å². The zero-order valence-corrected chi connectivity index (χ0v) is 12.7. The monoisotopic (exact) mass is 297 g/mol. The van der Waals surface area contributed by atoms with Crippen molar-refractivity contribution in [3.63, 3.8) is 0 Å². The maximum absolute atomic E-state index is 12.5. The first-order valence-corrected chi connectivity index (χ1v) is 7.32. The molecule has 1 aromatic heterocycles. The number of benzene rings is 2. The predicted molar refractivity (Wildman–Crippen MR) is 88.3 cm³/mol. The summed E-state index contributed by atoms with van der Waals surface area (Å²) in [6, 6.07) is 12.8. The van der Waals surface area contributed by atoms with Crippen LogP contribution in [0.4, 0.5) is 0 Å². The largest absolute Gasteiger partial charge is 0.456 e. The Labute approximate surface area is 128 Å². The predicted octanol–water partition coefficient (Wildman–Crippen LogP) is 2.41. The average molecular weight is 297 g/mol. The molecule has 1 atom stereocenters. The fourth-order valence-electron chi connectivity index (χ4n) is 2.73. The second-order valence-corrected chi connectivity index (χ2v) is 5.88. The summed E-state index contributed by atoms with van der Waals surface area (Å²) in [5, 5.41) is 11.2. The van der Waals surface area contributed by atoms with Crippen molar-refractivity contribution in [1.82, 2.24) is 4.90 Å². The molecule has 114 valence electrons. The molecule has 3 aromatic rings. The minimum absolute atomic E-state index is 0.0164. The molecule has 0 aliphatic carbocycles. The van der Waals surface area contributed by atoms with Crippen LogP contribution in [0.15, 0.2) is 51.7 Å². The molecule has 2 aromatic carbocycles. The van der Waals surface area contributed by atoms with Crippen LogP contribution in [0.3, 0.4) is 0 Å². The summed E-state index contributed by atoms with van der Waals surface area (Å²) in [5.41, 5.74) is 2.10. The van der Waals surface area contributed by atoms with Gasteiger partial charge < -0.3 is 14.4 Å². The fraction of sp³-hybridized carbons (Fsp3) is 0.278. The molecule has 1 unspecified atom stereocenters. The van der Waals surface area contributed by atoms with Crippen molar-refractivity contribution in [2.45, 2.75) is 12.5 Å². The average Bonchev–Trinajstić information content (AvgIpc) is 2.46. The molecule has 0 aliphatic rings. The van der Waals surface area contributed by atoms with E-state index in [0.717, 1.165) is 5.56 Å².